The molecular weight excluding hydrogens is 168 g/mol. The molecule has 2 rings (SSSR count). The molecule has 6 heteroatoms. The van der Waals surface area contributed by atoms with E-state index in [1.807, 2.05) is 0 Å². The van der Waals surface area contributed by atoms with Gasteiger partial charge < -0.3 is 11.5 Å². The Hall–Kier alpha value is -2.11. The second-order valence-corrected chi connectivity index (χ2v) is 2.49. The Kier molecular flexibility index (Phi) is 1.59. The summed E-state index contributed by atoms with van der Waals surface area (Å²) in [6, 6.07) is 0. The van der Waals surface area contributed by atoms with E-state index < -0.39 is 0 Å². The highest BCUT2D eigenvalue weighted by Gasteiger charge is 2.05. The Labute approximate surface area is 74.2 Å². The largest absolute Gasteiger partial charge is 0.394 e. The minimum Gasteiger partial charge on any atom is -0.394 e. The van der Waals surface area contributed by atoms with E-state index in [4.69, 9.17) is 11.5 Å². The fourth-order valence-electron chi connectivity index (χ4n) is 0.977. The summed E-state index contributed by atoms with van der Waals surface area (Å²) in [7, 11) is 0. The molecule has 4 N–H and O–H groups in total. The van der Waals surface area contributed by atoms with Crippen molar-refractivity contribution in [3.05, 3.63) is 24.9 Å². The zero-order chi connectivity index (χ0) is 9.26. The number of rotatable bonds is 1. The molecule has 0 radical (unpaired) electrons. The van der Waals surface area contributed by atoms with Crippen LogP contribution in [0.15, 0.2) is 24.9 Å². The van der Waals surface area contributed by atoms with Crippen LogP contribution in [0.3, 0.4) is 0 Å². The number of nitrogens with zero attached hydrogens (tertiary/aromatic N) is 4. The van der Waals surface area contributed by atoms with Crippen molar-refractivity contribution < 1.29 is 0 Å². The van der Waals surface area contributed by atoms with Crippen molar-refractivity contribution in [1.82, 2.24) is 19.7 Å². The van der Waals surface area contributed by atoms with Crippen LogP contribution in [0.5, 0.6) is 0 Å². The molecular formula is C7H8N6. The van der Waals surface area contributed by atoms with Gasteiger partial charge in [0.25, 0.3) is 0 Å². The SMILES string of the molecule is Nc1cnn(-c2cncnc2)c1N. The van der Waals surface area contributed by atoms with Gasteiger partial charge in [0, 0.05) is 0 Å². The van der Waals surface area contributed by atoms with Gasteiger partial charge in [-0.1, -0.05) is 0 Å². The summed E-state index contributed by atoms with van der Waals surface area (Å²) in [5.74, 6) is 0.398. The normalized spacial score (nSPS) is 10.2. The number of hydrogen-bond acceptors (Lipinski definition) is 5. The number of anilines is 2. The number of nitrogens with two attached hydrogens (primary N) is 2. The summed E-state index contributed by atoms with van der Waals surface area (Å²) in [4.78, 5) is 7.69. The minimum absolute atomic E-state index is 0.398. The minimum atomic E-state index is 0.398. The van der Waals surface area contributed by atoms with Crippen LogP contribution in [0.2, 0.25) is 0 Å². The molecule has 0 saturated heterocycles. The Bertz CT molecular complexity index is 406. The maximum Gasteiger partial charge on any atom is 0.150 e. The van der Waals surface area contributed by atoms with Gasteiger partial charge in [-0.2, -0.15) is 5.10 Å². The zero-order valence-corrected chi connectivity index (χ0v) is 6.75. The van der Waals surface area contributed by atoms with Crippen LogP contribution < -0.4 is 11.5 Å². The van der Waals surface area contributed by atoms with Crippen LogP contribution in [-0.2, 0) is 0 Å². The molecule has 2 aromatic rings. The van der Waals surface area contributed by atoms with E-state index >= 15 is 0 Å². The highest BCUT2D eigenvalue weighted by Crippen LogP contribution is 2.16. The van der Waals surface area contributed by atoms with Crippen LogP contribution in [-0.4, -0.2) is 19.7 Å². The van der Waals surface area contributed by atoms with Gasteiger partial charge in [0.1, 0.15) is 12.0 Å². The van der Waals surface area contributed by atoms with Crippen LogP contribution in [0.4, 0.5) is 11.5 Å². The second-order valence-electron chi connectivity index (χ2n) is 2.49. The first kappa shape index (κ1) is 7.53. The maximum atomic E-state index is 5.65. The number of aromatic nitrogens is 4. The van der Waals surface area contributed by atoms with E-state index in [1.54, 1.807) is 12.4 Å². The predicted molar refractivity (Wildman–Crippen MR) is 48.0 cm³/mol. The van der Waals surface area contributed by atoms with Gasteiger partial charge in [-0.3, -0.25) is 0 Å². The molecule has 0 fully saturated rings. The van der Waals surface area contributed by atoms with Crippen molar-refractivity contribution in [2.24, 2.45) is 0 Å². The van der Waals surface area contributed by atoms with Crippen LogP contribution in [0, 0.1) is 0 Å². The molecule has 0 aliphatic carbocycles. The Morgan fingerprint density at radius 2 is 1.77 bits per heavy atom. The molecule has 0 aliphatic heterocycles. The van der Waals surface area contributed by atoms with Gasteiger partial charge in [0.2, 0.25) is 0 Å². The van der Waals surface area contributed by atoms with Gasteiger partial charge in [0.05, 0.1) is 24.3 Å². The summed E-state index contributed by atoms with van der Waals surface area (Å²) in [6.45, 7) is 0. The van der Waals surface area contributed by atoms with E-state index in [9.17, 15) is 0 Å². The van der Waals surface area contributed by atoms with E-state index in [0.717, 1.165) is 0 Å². The first-order chi connectivity index (χ1) is 6.29. The molecule has 2 aromatic heterocycles. The topological polar surface area (TPSA) is 95.6 Å². The standard InChI is InChI=1S/C7H8N6/c8-6-3-12-13(7(6)9)5-1-10-4-11-2-5/h1-4H,8-9H2. The summed E-state index contributed by atoms with van der Waals surface area (Å²) in [5, 5.41) is 3.97. The van der Waals surface area contributed by atoms with E-state index in [-0.39, 0.29) is 0 Å². The fourth-order valence-corrected chi connectivity index (χ4v) is 0.977. The third kappa shape index (κ3) is 1.18. The van der Waals surface area contributed by atoms with Crippen molar-refractivity contribution in [2.45, 2.75) is 0 Å². The summed E-state index contributed by atoms with van der Waals surface area (Å²) >= 11 is 0. The maximum absolute atomic E-state index is 5.65. The Morgan fingerprint density at radius 1 is 1.08 bits per heavy atom. The number of hydrogen-bond donors (Lipinski definition) is 2. The van der Waals surface area contributed by atoms with Crippen molar-refractivity contribution in [2.75, 3.05) is 11.5 Å². The highest BCUT2D eigenvalue weighted by molar-refractivity contribution is 5.60. The van der Waals surface area contributed by atoms with Gasteiger partial charge in [0.15, 0.2) is 5.82 Å². The molecule has 0 aliphatic rings. The van der Waals surface area contributed by atoms with Crippen molar-refractivity contribution in [1.29, 1.82) is 0 Å². The molecule has 0 bridgehead atoms. The molecule has 0 atom stereocenters. The Balaban J connectivity index is 2.53. The third-order valence-electron chi connectivity index (χ3n) is 1.63. The first-order valence-corrected chi connectivity index (χ1v) is 3.63. The fraction of sp³-hybridized carbons (Fsp3) is 0. The van der Waals surface area contributed by atoms with Gasteiger partial charge in [-0.15, -0.1) is 0 Å². The molecule has 0 amide bonds. The van der Waals surface area contributed by atoms with Crippen LogP contribution in [0.1, 0.15) is 0 Å². The van der Waals surface area contributed by atoms with Crippen LogP contribution in [0.25, 0.3) is 5.69 Å². The van der Waals surface area contributed by atoms with Gasteiger partial charge in [-0.25, -0.2) is 14.6 Å². The lowest BCUT2D eigenvalue weighted by Gasteiger charge is -2.01. The van der Waals surface area contributed by atoms with E-state index in [2.05, 4.69) is 15.1 Å². The lowest BCUT2D eigenvalue weighted by molar-refractivity contribution is 0.874. The smallest absolute Gasteiger partial charge is 0.150 e. The molecule has 13 heavy (non-hydrogen) atoms. The summed E-state index contributed by atoms with van der Waals surface area (Å²) < 4.78 is 1.48. The van der Waals surface area contributed by atoms with Crippen molar-refractivity contribution in [3.8, 4) is 5.69 Å². The molecule has 0 aromatic carbocycles. The lowest BCUT2D eigenvalue weighted by atomic mass is 10.5. The average Bonchev–Trinajstić information content (AvgIpc) is 2.49. The van der Waals surface area contributed by atoms with Crippen molar-refractivity contribution >= 4 is 11.5 Å². The predicted octanol–water partition coefficient (Wildman–Crippen LogP) is -0.173. The third-order valence-corrected chi connectivity index (χ3v) is 1.63. The monoisotopic (exact) mass is 176 g/mol. The highest BCUT2D eigenvalue weighted by atomic mass is 15.3. The molecule has 66 valence electrons. The van der Waals surface area contributed by atoms with Gasteiger partial charge >= 0.3 is 0 Å². The quantitative estimate of drug-likeness (QED) is 0.628. The molecule has 0 spiro atoms. The van der Waals surface area contributed by atoms with E-state index in [0.29, 0.717) is 17.2 Å². The molecule has 6 nitrogen and oxygen atoms in total. The summed E-state index contributed by atoms with van der Waals surface area (Å²) in [6.07, 6.45) is 6.14. The number of nitrogen functional groups attached to an aromatic ring is 2. The zero-order valence-electron chi connectivity index (χ0n) is 6.75. The molecule has 0 saturated carbocycles. The Morgan fingerprint density at radius 3 is 2.31 bits per heavy atom. The molecule has 0 unspecified atom stereocenters. The first-order valence-electron chi connectivity index (χ1n) is 3.63. The van der Waals surface area contributed by atoms with Gasteiger partial charge in [-0.05, 0) is 0 Å². The van der Waals surface area contributed by atoms with Crippen molar-refractivity contribution in [3.63, 3.8) is 0 Å². The second kappa shape index (κ2) is 2.74. The van der Waals surface area contributed by atoms with Crippen LogP contribution >= 0.6 is 0 Å². The van der Waals surface area contributed by atoms with E-state index in [1.165, 1.54) is 17.2 Å². The molecule has 2 heterocycles. The summed E-state index contributed by atoms with van der Waals surface area (Å²) in [5.41, 5.74) is 12.3. The average molecular weight is 176 g/mol. The lowest BCUT2D eigenvalue weighted by Crippen LogP contribution is -2.03.